The van der Waals surface area contributed by atoms with Crippen molar-refractivity contribution in [3.05, 3.63) is 22.9 Å². The van der Waals surface area contributed by atoms with Crippen molar-refractivity contribution in [2.75, 3.05) is 26.7 Å². The highest BCUT2D eigenvalue weighted by atomic mass is 79.9. The number of nitrogens with one attached hydrogen (secondary N) is 1. The Morgan fingerprint density at radius 2 is 2.32 bits per heavy atom. The zero-order valence-electron chi connectivity index (χ0n) is 10.8. The topological polar surface area (TPSA) is 62.3 Å². The zero-order chi connectivity index (χ0) is 13.9. The van der Waals surface area contributed by atoms with Crippen LogP contribution in [0.25, 0.3) is 0 Å². The second kappa shape index (κ2) is 6.30. The lowest BCUT2D eigenvalue weighted by atomic mass is 10.00. The van der Waals surface area contributed by atoms with Gasteiger partial charge in [-0.2, -0.15) is 4.31 Å². The van der Waals surface area contributed by atoms with Gasteiger partial charge < -0.3 is 5.32 Å². The van der Waals surface area contributed by atoms with E-state index in [2.05, 4.69) is 26.2 Å². The van der Waals surface area contributed by atoms with E-state index in [0.29, 0.717) is 23.5 Å². The van der Waals surface area contributed by atoms with Gasteiger partial charge in [0.2, 0.25) is 10.0 Å². The lowest BCUT2D eigenvalue weighted by Gasteiger charge is -2.31. The smallest absolute Gasteiger partial charge is 0.244 e. The van der Waals surface area contributed by atoms with E-state index in [1.807, 2.05) is 7.05 Å². The lowest BCUT2D eigenvalue weighted by Crippen LogP contribution is -2.42. The van der Waals surface area contributed by atoms with Crippen LogP contribution in [0.1, 0.15) is 12.8 Å². The summed E-state index contributed by atoms with van der Waals surface area (Å²) < 4.78 is 27.3. The summed E-state index contributed by atoms with van der Waals surface area (Å²) in [4.78, 5) is 4.19. The molecule has 1 aromatic rings. The molecule has 1 aliphatic heterocycles. The van der Waals surface area contributed by atoms with Gasteiger partial charge in [0, 0.05) is 30.0 Å². The van der Waals surface area contributed by atoms with Gasteiger partial charge in [0.05, 0.1) is 0 Å². The van der Waals surface area contributed by atoms with Crippen molar-refractivity contribution in [1.29, 1.82) is 0 Å². The Balaban J connectivity index is 2.19. The fourth-order valence-electron chi connectivity index (χ4n) is 2.38. The standard InChI is InChI=1S/C12H18BrN3O2S/c1-14-6-10-3-2-4-16(9-10)19(17,18)12-5-11(13)7-15-8-12/h5,7-8,10,14H,2-4,6,9H2,1H3. The van der Waals surface area contributed by atoms with Crippen molar-refractivity contribution >= 4 is 26.0 Å². The molecule has 1 unspecified atom stereocenters. The van der Waals surface area contributed by atoms with E-state index >= 15 is 0 Å². The van der Waals surface area contributed by atoms with Crippen LogP contribution < -0.4 is 5.32 Å². The van der Waals surface area contributed by atoms with E-state index in [9.17, 15) is 8.42 Å². The van der Waals surface area contributed by atoms with Crippen molar-refractivity contribution < 1.29 is 8.42 Å². The SMILES string of the molecule is CNCC1CCCN(S(=O)(=O)c2cncc(Br)c2)C1. The number of rotatable bonds is 4. The molecule has 106 valence electrons. The molecule has 0 radical (unpaired) electrons. The van der Waals surface area contributed by atoms with E-state index in [4.69, 9.17) is 0 Å². The van der Waals surface area contributed by atoms with Crippen molar-refractivity contribution in [3.63, 3.8) is 0 Å². The first kappa shape index (κ1) is 14.9. The summed E-state index contributed by atoms with van der Waals surface area (Å²) in [5, 5.41) is 3.12. The molecule has 1 atom stereocenters. The van der Waals surface area contributed by atoms with Gasteiger partial charge in [-0.3, -0.25) is 4.98 Å². The molecule has 0 saturated carbocycles. The Hall–Kier alpha value is -0.500. The molecule has 7 heteroatoms. The van der Waals surface area contributed by atoms with Crippen LogP contribution in [-0.2, 0) is 10.0 Å². The van der Waals surface area contributed by atoms with Gasteiger partial charge in [-0.25, -0.2) is 8.42 Å². The molecule has 0 bridgehead atoms. The summed E-state index contributed by atoms with van der Waals surface area (Å²) in [6.45, 7) is 2.02. The third-order valence-corrected chi connectivity index (χ3v) is 5.56. The van der Waals surface area contributed by atoms with Gasteiger partial charge in [-0.15, -0.1) is 0 Å². The molecule has 2 heterocycles. The number of hydrogen-bond donors (Lipinski definition) is 1. The minimum absolute atomic E-state index is 0.256. The van der Waals surface area contributed by atoms with Gasteiger partial charge in [0.1, 0.15) is 4.90 Å². The van der Waals surface area contributed by atoms with Crippen LogP contribution in [0.3, 0.4) is 0 Å². The van der Waals surface area contributed by atoms with Gasteiger partial charge in [-0.1, -0.05) is 0 Å². The summed E-state index contributed by atoms with van der Waals surface area (Å²) >= 11 is 3.26. The van der Waals surface area contributed by atoms with E-state index in [-0.39, 0.29) is 4.90 Å². The third kappa shape index (κ3) is 3.53. The first-order chi connectivity index (χ1) is 9.04. The fraction of sp³-hybridized carbons (Fsp3) is 0.583. The molecule has 1 saturated heterocycles. The highest BCUT2D eigenvalue weighted by molar-refractivity contribution is 9.10. The average molecular weight is 348 g/mol. The molecule has 0 aromatic carbocycles. The Morgan fingerprint density at radius 1 is 1.53 bits per heavy atom. The summed E-state index contributed by atoms with van der Waals surface area (Å²) in [5.41, 5.74) is 0. The quantitative estimate of drug-likeness (QED) is 0.895. The summed E-state index contributed by atoms with van der Waals surface area (Å²) in [6, 6.07) is 1.60. The molecule has 1 fully saturated rings. The van der Waals surface area contributed by atoms with Crippen molar-refractivity contribution in [2.24, 2.45) is 5.92 Å². The molecule has 1 aromatic heterocycles. The number of sulfonamides is 1. The van der Waals surface area contributed by atoms with E-state index < -0.39 is 10.0 Å². The minimum Gasteiger partial charge on any atom is -0.319 e. The molecule has 0 spiro atoms. The Labute approximate surface area is 122 Å². The van der Waals surface area contributed by atoms with Crippen molar-refractivity contribution in [3.8, 4) is 0 Å². The van der Waals surface area contributed by atoms with Crippen molar-refractivity contribution in [2.45, 2.75) is 17.7 Å². The highest BCUT2D eigenvalue weighted by Crippen LogP contribution is 2.24. The highest BCUT2D eigenvalue weighted by Gasteiger charge is 2.30. The molecule has 5 nitrogen and oxygen atoms in total. The maximum atomic E-state index is 12.5. The second-order valence-corrected chi connectivity index (χ2v) is 7.62. The zero-order valence-corrected chi connectivity index (χ0v) is 13.2. The van der Waals surface area contributed by atoms with Crippen molar-refractivity contribution in [1.82, 2.24) is 14.6 Å². The van der Waals surface area contributed by atoms with Gasteiger partial charge in [0.25, 0.3) is 0 Å². The Morgan fingerprint density at radius 3 is 3.00 bits per heavy atom. The third-order valence-electron chi connectivity index (χ3n) is 3.29. The molecule has 1 aliphatic rings. The normalized spacial score (nSPS) is 21.5. The van der Waals surface area contributed by atoms with Gasteiger partial charge in [0.15, 0.2) is 0 Å². The predicted molar refractivity (Wildman–Crippen MR) is 77.3 cm³/mol. The first-order valence-corrected chi connectivity index (χ1v) is 8.52. The predicted octanol–water partition coefficient (Wildman–Crippen LogP) is 1.46. The molecule has 0 amide bonds. The largest absolute Gasteiger partial charge is 0.319 e. The number of hydrogen-bond acceptors (Lipinski definition) is 4. The summed E-state index contributed by atoms with van der Waals surface area (Å²) in [6.07, 6.45) is 4.97. The van der Waals surface area contributed by atoms with E-state index in [0.717, 1.165) is 19.4 Å². The Kier molecular flexibility index (Phi) is 4.94. The van der Waals surface area contributed by atoms with Crippen LogP contribution in [-0.4, -0.2) is 44.4 Å². The number of piperidine rings is 1. The van der Waals surface area contributed by atoms with Crippen LogP contribution >= 0.6 is 15.9 Å². The van der Waals surface area contributed by atoms with Gasteiger partial charge in [-0.05, 0) is 54.3 Å². The van der Waals surface area contributed by atoms with Gasteiger partial charge >= 0.3 is 0 Å². The van der Waals surface area contributed by atoms with Crippen LogP contribution in [0, 0.1) is 5.92 Å². The van der Waals surface area contributed by atoms with Crippen LogP contribution in [0.4, 0.5) is 0 Å². The van der Waals surface area contributed by atoms with E-state index in [1.54, 1.807) is 16.6 Å². The maximum Gasteiger partial charge on any atom is 0.244 e. The van der Waals surface area contributed by atoms with Crippen LogP contribution in [0.5, 0.6) is 0 Å². The minimum atomic E-state index is -3.42. The monoisotopic (exact) mass is 347 g/mol. The lowest BCUT2D eigenvalue weighted by molar-refractivity contribution is 0.263. The number of pyridine rings is 1. The molecule has 19 heavy (non-hydrogen) atoms. The molecule has 2 rings (SSSR count). The number of aromatic nitrogens is 1. The Bertz CT molecular complexity index is 534. The average Bonchev–Trinajstić information content (AvgIpc) is 2.39. The maximum absolute atomic E-state index is 12.5. The van der Waals surface area contributed by atoms with E-state index in [1.165, 1.54) is 6.20 Å². The van der Waals surface area contributed by atoms with Crippen LogP contribution in [0.15, 0.2) is 27.8 Å². The number of halogens is 1. The first-order valence-electron chi connectivity index (χ1n) is 6.29. The van der Waals surface area contributed by atoms with Crippen LogP contribution in [0.2, 0.25) is 0 Å². The summed E-state index contributed by atoms with van der Waals surface area (Å²) in [7, 11) is -1.53. The summed E-state index contributed by atoms with van der Waals surface area (Å²) in [5.74, 6) is 0.383. The second-order valence-electron chi connectivity index (χ2n) is 4.77. The molecule has 0 aliphatic carbocycles. The molecular weight excluding hydrogens is 330 g/mol. The molecule has 1 N–H and O–H groups in total. The number of nitrogens with zero attached hydrogens (tertiary/aromatic N) is 2. The molecular formula is C12H18BrN3O2S. The fourth-order valence-corrected chi connectivity index (χ4v) is 4.44.